The molecule has 4 N–H and O–H groups in total. The maximum Gasteiger partial charge on any atom is 0.325 e. The van der Waals surface area contributed by atoms with Crippen LogP contribution in [0.2, 0.25) is 0 Å². The van der Waals surface area contributed by atoms with Gasteiger partial charge in [0.2, 0.25) is 0 Å². The van der Waals surface area contributed by atoms with Crippen molar-refractivity contribution in [3.05, 3.63) is 23.8 Å². The summed E-state index contributed by atoms with van der Waals surface area (Å²) >= 11 is 0. The Hall–Kier alpha value is -1.71. The second-order valence-electron chi connectivity index (χ2n) is 3.28. The Morgan fingerprint density at radius 1 is 1.57 bits per heavy atom. The summed E-state index contributed by atoms with van der Waals surface area (Å²) in [6.07, 6.45) is 0. The van der Waals surface area contributed by atoms with Gasteiger partial charge in [-0.25, -0.2) is 0 Å². The van der Waals surface area contributed by atoms with Crippen LogP contribution in [0.5, 0.6) is 0 Å². The van der Waals surface area contributed by atoms with Gasteiger partial charge in [0.25, 0.3) is 0 Å². The fourth-order valence-electron chi connectivity index (χ4n) is 1.08. The number of hydrogen-bond donors (Lipinski definition) is 3. The lowest BCUT2D eigenvalue weighted by Crippen LogP contribution is -2.25. The molecule has 0 aliphatic heterocycles. The van der Waals surface area contributed by atoms with Crippen LogP contribution < -0.4 is 11.1 Å². The standard InChI is InChI=1S/C10H14N2O2/c1-6-5-8(3-4-9(6)11)12-7(2)10(13)14/h3-5,7,12H,11H2,1-2H3,(H,13,14)/t7-/m0/s1. The smallest absolute Gasteiger partial charge is 0.325 e. The van der Waals surface area contributed by atoms with Crippen LogP contribution in [0.25, 0.3) is 0 Å². The van der Waals surface area contributed by atoms with Gasteiger partial charge < -0.3 is 16.2 Å². The molecule has 0 aliphatic rings. The molecule has 1 aromatic rings. The molecule has 0 saturated heterocycles. The molecule has 0 amide bonds. The van der Waals surface area contributed by atoms with E-state index in [0.29, 0.717) is 5.69 Å². The number of nitrogens with one attached hydrogen (secondary N) is 1. The van der Waals surface area contributed by atoms with Crippen LogP contribution in [0.3, 0.4) is 0 Å². The van der Waals surface area contributed by atoms with Gasteiger partial charge >= 0.3 is 5.97 Å². The third-order valence-corrected chi connectivity index (χ3v) is 2.02. The van der Waals surface area contributed by atoms with E-state index in [1.165, 1.54) is 0 Å². The molecule has 0 radical (unpaired) electrons. The minimum absolute atomic E-state index is 0.599. The van der Waals surface area contributed by atoms with E-state index in [0.717, 1.165) is 11.3 Å². The van der Waals surface area contributed by atoms with E-state index >= 15 is 0 Å². The quantitative estimate of drug-likeness (QED) is 0.637. The molecule has 0 spiro atoms. The fourth-order valence-corrected chi connectivity index (χ4v) is 1.08. The molecule has 76 valence electrons. The predicted octanol–water partition coefficient (Wildman–Crippen LogP) is 1.46. The van der Waals surface area contributed by atoms with E-state index in [1.54, 1.807) is 19.1 Å². The first-order chi connectivity index (χ1) is 6.50. The first kappa shape index (κ1) is 10.4. The fraction of sp³-hybridized carbons (Fsp3) is 0.300. The molecule has 4 nitrogen and oxygen atoms in total. The molecule has 0 aliphatic carbocycles. The van der Waals surface area contributed by atoms with Gasteiger partial charge in [0.1, 0.15) is 6.04 Å². The Morgan fingerprint density at radius 3 is 2.71 bits per heavy atom. The first-order valence-electron chi connectivity index (χ1n) is 4.36. The van der Waals surface area contributed by atoms with E-state index in [2.05, 4.69) is 5.32 Å². The van der Waals surface area contributed by atoms with Crippen LogP contribution in [0, 0.1) is 6.92 Å². The first-order valence-corrected chi connectivity index (χ1v) is 4.36. The summed E-state index contributed by atoms with van der Waals surface area (Å²) in [6.45, 7) is 3.47. The van der Waals surface area contributed by atoms with Crippen LogP contribution in [0.4, 0.5) is 11.4 Å². The summed E-state index contributed by atoms with van der Waals surface area (Å²) in [7, 11) is 0. The molecule has 0 fully saturated rings. The minimum Gasteiger partial charge on any atom is -0.480 e. The van der Waals surface area contributed by atoms with Gasteiger partial charge in [-0.3, -0.25) is 4.79 Å². The van der Waals surface area contributed by atoms with Crippen LogP contribution in [0.1, 0.15) is 12.5 Å². The van der Waals surface area contributed by atoms with Crippen molar-refractivity contribution in [3.8, 4) is 0 Å². The summed E-state index contributed by atoms with van der Waals surface area (Å²) < 4.78 is 0. The summed E-state index contributed by atoms with van der Waals surface area (Å²) in [6, 6.07) is 4.75. The van der Waals surface area contributed by atoms with E-state index in [1.807, 2.05) is 13.0 Å². The van der Waals surface area contributed by atoms with Crippen molar-refractivity contribution in [2.45, 2.75) is 19.9 Å². The van der Waals surface area contributed by atoms with E-state index in [-0.39, 0.29) is 0 Å². The summed E-state index contributed by atoms with van der Waals surface area (Å²) in [5.41, 5.74) is 8.05. The highest BCUT2D eigenvalue weighted by Gasteiger charge is 2.09. The Morgan fingerprint density at radius 2 is 2.21 bits per heavy atom. The van der Waals surface area contributed by atoms with E-state index in [4.69, 9.17) is 10.8 Å². The maximum atomic E-state index is 10.6. The molecule has 1 aromatic carbocycles. The second-order valence-corrected chi connectivity index (χ2v) is 3.28. The normalized spacial score (nSPS) is 12.1. The molecule has 1 rings (SSSR count). The molecule has 4 heteroatoms. The van der Waals surface area contributed by atoms with Crippen molar-refractivity contribution in [1.29, 1.82) is 0 Å². The van der Waals surface area contributed by atoms with Crippen molar-refractivity contribution < 1.29 is 9.90 Å². The Labute approximate surface area is 82.7 Å². The maximum absolute atomic E-state index is 10.6. The van der Waals surface area contributed by atoms with E-state index < -0.39 is 12.0 Å². The van der Waals surface area contributed by atoms with Crippen molar-refractivity contribution in [2.24, 2.45) is 0 Å². The van der Waals surface area contributed by atoms with Gasteiger partial charge in [-0.1, -0.05) is 0 Å². The van der Waals surface area contributed by atoms with Gasteiger partial charge in [0.15, 0.2) is 0 Å². The average molecular weight is 194 g/mol. The summed E-state index contributed by atoms with van der Waals surface area (Å²) in [5.74, 6) is -0.875. The Balaban J connectivity index is 2.78. The predicted molar refractivity (Wildman–Crippen MR) is 56.3 cm³/mol. The number of aryl methyl sites for hydroxylation is 1. The SMILES string of the molecule is Cc1cc(N[C@@H](C)C(=O)O)ccc1N. The van der Waals surface area contributed by atoms with Gasteiger partial charge in [0.05, 0.1) is 0 Å². The molecule has 0 saturated carbocycles. The molecule has 0 heterocycles. The zero-order chi connectivity index (χ0) is 10.7. The zero-order valence-corrected chi connectivity index (χ0v) is 8.24. The van der Waals surface area contributed by atoms with Crippen molar-refractivity contribution in [2.75, 3.05) is 11.1 Å². The van der Waals surface area contributed by atoms with Crippen LogP contribution in [-0.2, 0) is 4.79 Å². The van der Waals surface area contributed by atoms with Gasteiger partial charge in [-0.15, -0.1) is 0 Å². The minimum atomic E-state index is -0.875. The lowest BCUT2D eigenvalue weighted by atomic mass is 10.1. The number of aliphatic carboxylic acids is 1. The highest BCUT2D eigenvalue weighted by molar-refractivity contribution is 5.77. The van der Waals surface area contributed by atoms with Crippen molar-refractivity contribution in [3.63, 3.8) is 0 Å². The molecule has 1 atom stereocenters. The Kier molecular flexibility index (Phi) is 2.96. The number of hydrogen-bond acceptors (Lipinski definition) is 3. The van der Waals surface area contributed by atoms with Crippen LogP contribution >= 0.6 is 0 Å². The summed E-state index contributed by atoms with van der Waals surface area (Å²) in [4.78, 5) is 10.6. The van der Waals surface area contributed by atoms with Gasteiger partial charge in [0, 0.05) is 11.4 Å². The molecule has 14 heavy (non-hydrogen) atoms. The number of benzene rings is 1. The van der Waals surface area contributed by atoms with Crippen LogP contribution in [0.15, 0.2) is 18.2 Å². The summed E-state index contributed by atoms with van der Waals surface area (Å²) in [5, 5.41) is 11.5. The number of carboxylic acid groups (broad SMARTS) is 1. The molecule has 0 aromatic heterocycles. The monoisotopic (exact) mass is 194 g/mol. The third-order valence-electron chi connectivity index (χ3n) is 2.02. The number of carbonyl (C=O) groups is 1. The molecular weight excluding hydrogens is 180 g/mol. The average Bonchev–Trinajstić information content (AvgIpc) is 2.11. The van der Waals surface area contributed by atoms with Crippen LogP contribution in [-0.4, -0.2) is 17.1 Å². The van der Waals surface area contributed by atoms with Crippen molar-refractivity contribution >= 4 is 17.3 Å². The second kappa shape index (κ2) is 4.00. The van der Waals surface area contributed by atoms with Gasteiger partial charge in [-0.05, 0) is 37.6 Å². The lowest BCUT2D eigenvalue weighted by Gasteiger charge is -2.11. The Bertz CT molecular complexity index is 350. The highest BCUT2D eigenvalue weighted by atomic mass is 16.4. The number of anilines is 2. The molecular formula is C10H14N2O2. The third kappa shape index (κ3) is 2.39. The number of carboxylic acids is 1. The van der Waals surface area contributed by atoms with E-state index in [9.17, 15) is 4.79 Å². The topological polar surface area (TPSA) is 75.3 Å². The number of rotatable bonds is 3. The molecule has 0 unspecified atom stereocenters. The lowest BCUT2D eigenvalue weighted by molar-refractivity contribution is -0.137. The van der Waals surface area contributed by atoms with Crippen molar-refractivity contribution in [1.82, 2.24) is 0 Å². The highest BCUT2D eigenvalue weighted by Crippen LogP contribution is 2.17. The number of nitrogen functional groups attached to an aromatic ring is 1. The number of nitrogens with two attached hydrogens (primary N) is 1. The molecule has 0 bridgehead atoms. The zero-order valence-electron chi connectivity index (χ0n) is 8.24. The van der Waals surface area contributed by atoms with Gasteiger partial charge in [-0.2, -0.15) is 0 Å². The largest absolute Gasteiger partial charge is 0.480 e.